The molecule has 0 aliphatic rings. The molecule has 0 heterocycles. The molecule has 0 radical (unpaired) electrons. The largest absolute Gasteiger partial charge is 0.430 e. The van der Waals surface area contributed by atoms with Gasteiger partial charge in [0.25, 0.3) is 5.60 Å². The number of ether oxygens (including phenoxy) is 2. The number of halogens is 9. The fourth-order valence-electron chi connectivity index (χ4n) is 2.47. The highest BCUT2D eigenvalue weighted by molar-refractivity contribution is 5.32. The summed E-state index contributed by atoms with van der Waals surface area (Å²) in [5.41, 5.74) is -5.65. The van der Waals surface area contributed by atoms with Crippen molar-refractivity contribution in [2.24, 2.45) is 0 Å². The van der Waals surface area contributed by atoms with Crippen molar-refractivity contribution < 1.29 is 49.0 Å². The first kappa shape index (κ1) is 24.5. The van der Waals surface area contributed by atoms with Gasteiger partial charge in [-0.2, -0.15) is 39.5 Å². The Morgan fingerprint density at radius 3 is 1.64 bits per heavy atom. The van der Waals surface area contributed by atoms with E-state index >= 15 is 0 Å². The SMILES string of the molecule is CCC(C)c1ccc(C(OC(C)OCC(F)(F)F)(C(F)(F)F)C(F)(F)F)cc1. The van der Waals surface area contributed by atoms with Crippen LogP contribution in [-0.4, -0.2) is 31.4 Å². The van der Waals surface area contributed by atoms with Gasteiger partial charge in [0, 0.05) is 5.56 Å². The smallest absolute Gasteiger partial charge is 0.343 e. The molecule has 2 nitrogen and oxygen atoms in total. The maximum Gasteiger partial charge on any atom is 0.430 e. The van der Waals surface area contributed by atoms with Gasteiger partial charge in [-0.1, -0.05) is 38.1 Å². The van der Waals surface area contributed by atoms with Gasteiger partial charge in [0.15, 0.2) is 6.29 Å². The van der Waals surface area contributed by atoms with E-state index < -0.39 is 42.6 Å². The van der Waals surface area contributed by atoms with Crippen LogP contribution >= 0.6 is 0 Å². The van der Waals surface area contributed by atoms with Gasteiger partial charge in [-0.25, -0.2) is 0 Å². The van der Waals surface area contributed by atoms with Crippen LogP contribution in [0.5, 0.6) is 0 Å². The molecule has 0 amide bonds. The third-order valence-corrected chi connectivity index (χ3v) is 4.12. The summed E-state index contributed by atoms with van der Waals surface area (Å²) in [6, 6.07) is 3.42. The summed E-state index contributed by atoms with van der Waals surface area (Å²) in [6.45, 7) is 1.99. The van der Waals surface area contributed by atoms with Crippen molar-refractivity contribution in [1.29, 1.82) is 0 Å². The van der Waals surface area contributed by atoms with E-state index in [1.807, 2.05) is 0 Å². The summed E-state index contributed by atoms with van der Waals surface area (Å²) in [4.78, 5) is 0. The highest BCUT2D eigenvalue weighted by atomic mass is 19.4. The van der Waals surface area contributed by atoms with Gasteiger partial charge in [0.2, 0.25) is 0 Å². The molecule has 0 saturated heterocycles. The van der Waals surface area contributed by atoms with Crippen LogP contribution in [0, 0.1) is 0 Å². The molecule has 0 aliphatic heterocycles. The maximum absolute atomic E-state index is 13.6. The molecule has 0 aliphatic carbocycles. The highest BCUT2D eigenvalue weighted by Crippen LogP contribution is 2.53. The molecule has 1 aromatic rings. The molecule has 1 aromatic carbocycles. The first-order valence-corrected chi connectivity index (χ1v) is 8.15. The van der Waals surface area contributed by atoms with E-state index in [4.69, 9.17) is 0 Å². The Kier molecular flexibility index (Phi) is 7.43. The molecule has 0 spiro atoms. The summed E-state index contributed by atoms with van der Waals surface area (Å²) in [5, 5.41) is 0. The normalized spacial score (nSPS) is 16.1. The average molecular weight is 426 g/mol. The Morgan fingerprint density at radius 2 is 1.29 bits per heavy atom. The number of benzene rings is 1. The van der Waals surface area contributed by atoms with Crippen LogP contribution in [-0.2, 0) is 15.1 Å². The Balaban J connectivity index is 3.39. The molecule has 0 aromatic heterocycles. The third-order valence-electron chi connectivity index (χ3n) is 4.12. The van der Waals surface area contributed by atoms with Crippen LogP contribution in [0.4, 0.5) is 39.5 Å². The topological polar surface area (TPSA) is 18.5 Å². The second kappa shape index (κ2) is 8.48. The van der Waals surface area contributed by atoms with E-state index in [0.717, 1.165) is 12.1 Å². The van der Waals surface area contributed by atoms with Crippen LogP contribution in [0.25, 0.3) is 0 Å². The van der Waals surface area contributed by atoms with Crippen molar-refractivity contribution in [3.63, 3.8) is 0 Å². The van der Waals surface area contributed by atoms with Crippen LogP contribution < -0.4 is 0 Å². The highest BCUT2D eigenvalue weighted by Gasteiger charge is 2.74. The van der Waals surface area contributed by atoms with Gasteiger partial charge in [0.05, 0.1) is 0 Å². The molecule has 2 atom stereocenters. The van der Waals surface area contributed by atoms with E-state index in [9.17, 15) is 39.5 Å². The van der Waals surface area contributed by atoms with E-state index in [1.54, 1.807) is 13.8 Å². The van der Waals surface area contributed by atoms with Gasteiger partial charge in [-0.05, 0) is 24.8 Å². The zero-order chi connectivity index (χ0) is 22.0. The zero-order valence-electron chi connectivity index (χ0n) is 15.1. The third kappa shape index (κ3) is 5.53. The molecule has 28 heavy (non-hydrogen) atoms. The molecule has 0 fully saturated rings. The fraction of sp³-hybridized carbons (Fsp3) is 0.647. The fourth-order valence-corrected chi connectivity index (χ4v) is 2.47. The predicted octanol–water partition coefficient (Wildman–Crippen LogP) is 6.46. The zero-order valence-corrected chi connectivity index (χ0v) is 15.1. The van der Waals surface area contributed by atoms with Crippen LogP contribution in [0.1, 0.15) is 44.2 Å². The lowest BCUT2D eigenvalue weighted by atomic mass is 9.89. The second-order valence-corrected chi connectivity index (χ2v) is 6.22. The van der Waals surface area contributed by atoms with Crippen LogP contribution in [0.3, 0.4) is 0 Å². The van der Waals surface area contributed by atoms with Gasteiger partial charge in [0.1, 0.15) is 6.61 Å². The molecule has 1 rings (SSSR count). The molecule has 0 N–H and O–H groups in total. The lowest BCUT2D eigenvalue weighted by Gasteiger charge is -2.39. The Bertz CT molecular complexity index is 603. The van der Waals surface area contributed by atoms with E-state index in [2.05, 4.69) is 9.47 Å². The molecular formula is C17H19F9O2. The number of hydrogen-bond donors (Lipinski definition) is 0. The number of rotatable bonds is 7. The predicted molar refractivity (Wildman–Crippen MR) is 81.5 cm³/mol. The first-order valence-electron chi connectivity index (χ1n) is 8.15. The summed E-state index contributed by atoms with van der Waals surface area (Å²) in [7, 11) is 0. The monoisotopic (exact) mass is 426 g/mol. The van der Waals surface area contributed by atoms with Gasteiger partial charge < -0.3 is 9.47 Å². The van der Waals surface area contributed by atoms with Crippen molar-refractivity contribution in [2.45, 2.75) is 63.5 Å². The van der Waals surface area contributed by atoms with Gasteiger partial charge >= 0.3 is 18.5 Å². The van der Waals surface area contributed by atoms with E-state index in [1.165, 1.54) is 0 Å². The quantitative estimate of drug-likeness (QED) is 0.368. The molecule has 11 heteroatoms. The van der Waals surface area contributed by atoms with Gasteiger partial charge in [-0.15, -0.1) is 0 Å². The maximum atomic E-state index is 13.6. The van der Waals surface area contributed by atoms with Crippen LogP contribution in [0.15, 0.2) is 24.3 Å². The molecule has 0 saturated carbocycles. The Labute approximate surface area is 155 Å². The minimum Gasteiger partial charge on any atom is -0.343 e. The average Bonchev–Trinajstić information content (AvgIpc) is 2.54. The Hall–Kier alpha value is -1.49. The second-order valence-electron chi connectivity index (χ2n) is 6.22. The Morgan fingerprint density at radius 1 is 0.821 bits per heavy atom. The standard InChI is InChI=1S/C17H19F9O2/c1-4-10(2)12-5-7-13(8-6-12)15(16(21,22)23,17(24,25)26)28-11(3)27-9-14(18,19)20/h5-8,10-11H,4,9H2,1-3H3. The summed E-state index contributed by atoms with van der Waals surface area (Å²) in [5.74, 6) is -0.116. The summed E-state index contributed by atoms with van der Waals surface area (Å²) < 4.78 is 126. The van der Waals surface area contributed by atoms with E-state index in [-0.39, 0.29) is 5.92 Å². The van der Waals surface area contributed by atoms with Gasteiger partial charge in [-0.3, -0.25) is 0 Å². The summed E-state index contributed by atoms with van der Waals surface area (Å²) in [6.07, 6.45) is -18.8. The summed E-state index contributed by atoms with van der Waals surface area (Å²) >= 11 is 0. The molecular weight excluding hydrogens is 407 g/mol. The first-order chi connectivity index (χ1) is 12.5. The molecule has 0 bridgehead atoms. The van der Waals surface area contributed by atoms with Crippen molar-refractivity contribution >= 4 is 0 Å². The lowest BCUT2D eigenvalue weighted by Crippen LogP contribution is -2.57. The minimum absolute atomic E-state index is 0.116. The lowest BCUT2D eigenvalue weighted by molar-refractivity contribution is -0.418. The van der Waals surface area contributed by atoms with Crippen LogP contribution in [0.2, 0.25) is 0 Å². The van der Waals surface area contributed by atoms with Crippen molar-refractivity contribution in [2.75, 3.05) is 6.61 Å². The molecule has 162 valence electrons. The van der Waals surface area contributed by atoms with Crippen molar-refractivity contribution in [1.82, 2.24) is 0 Å². The number of alkyl halides is 9. The van der Waals surface area contributed by atoms with Crippen molar-refractivity contribution in [3.05, 3.63) is 35.4 Å². The molecule has 2 unspecified atom stereocenters. The van der Waals surface area contributed by atoms with Crippen molar-refractivity contribution in [3.8, 4) is 0 Å². The van der Waals surface area contributed by atoms with E-state index in [0.29, 0.717) is 31.0 Å². The minimum atomic E-state index is -6.01. The number of hydrogen-bond acceptors (Lipinski definition) is 2.